The SMILES string of the molecule is COc1ccc(Cn2nnc(-c3c(N4CCC(OCCOS(C)(=O)=O)CC4)ccc(S(=O)(=O)NCC(CNC(=O)OC(C)(C)C)O[Si](C)(C)C(C)(C)C)c3S(=O)(=O)N(Cc3ccccc3)Cc3ccccc3)n2)cc1. The van der Waals surface area contributed by atoms with Crippen LogP contribution in [0.1, 0.15) is 71.1 Å². The molecule has 24 heteroatoms. The van der Waals surface area contributed by atoms with Crippen LogP contribution in [0.2, 0.25) is 18.1 Å². The molecular weight excluding hydrogens is 1040 g/mol. The van der Waals surface area contributed by atoms with Gasteiger partial charge in [0.25, 0.3) is 10.1 Å². The van der Waals surface area contributed by atoms with Crippen molar-refractivity contribution in [1.82, 2.24) is 34.6 Å². The van der Waals surface area contributed by atoms with Crippen molar-refractivity contribution < 1.29 is 52.9 Å². The number of anilines is 1. The quantitative estimate of drug-likeness (QED) is 0.0361. The van der Waals surface area contributed by atoms with Gasteiger partial charge in [0.1, 0.15) is 21.1 Å². The lowest BCUT2D eigenvalue weighted by molar-refractivity contribution is 0.0214. The largest absolute Gasteiger partial charge is 0.497 e. The Hall–Kier alpha value is -5.31. The normalized spacial score (nSPS) is 14.7. The van der Waals surface area contributed by atoms with E-state index in [9.17, 15) is 13.2 Å². The molecule has 0 radical (unpaired) electrons. The number of benzene rings is 4. The second kappa shape index (κ2) is 24.8. The first-order valence-electron chi connectivity index (χ1n) is 24.7. The lowest BCUT2D eigenvalue weighted by Gasteiger charge is -2.39. The van der Waals surface area contributed by atoms with Crippen LogP contribution in [-0.4, -0.2) is 135 Å². The van der Waals surface area contributed by atoms with Gasteiger partial charge in [-0.05, 0) is 97.9 Å². The maximum absolute atomic E-state index is 16.2. The maximum Gasteiger partial charge on any atom is 0.407 e. The third kappa shape index (κ3) is 16.8. The average molecular weight is 1110 g/mol. The molecule has 410 valence electrons. The molecule has 2 heterocycles. The van der Waals surface area contributed by atoms with Crippen LogP contribution in [0.5, 0.6) is 5.75 Å². The van der Waals surface area contributed by atoms with E-state index in [-0.39, 0.29) is 68.5 Å². The third-order valence-electron chi connectivity index (χ3n) is 12.7. The first-order valence-corrected chi connectivity index (χ1v) is 32.3. The number of carbonyl (C=O) groups excluding carboxylic acids is 1. The Bertz CT molecular complexity index is 2980. The highest BCUT2D eigenvalue weighted by Crippen LogP contribution is 2.42. The van der Waals surface area contributed by atoms with Crippen molar-refractivity contribution in [3.05, 3.63) is 114 Å². The van der Waals surface area contributed by atoms with E-state index in [2.05, 4.69) is 20.4 Å². The zero-order valence-electron chi connectivity index (χ0n) is 44.5. The summed E-state index contributed by atoms with van der Waals surface area (Å²) in [5.41, 5.74) is 1.51. The number of hydrogen-bond acceptors (Lipinski definition) is 16. The number of sulfonamides is 2. The van der Waals surface area contributed by atoms with Gasteiger partial charge in [0.2, 0.25) is 25.9 Å². The highest BCUT2D eigenvalue weighted by Gasteiger charge is 2.42. The molecule has 0 aliphatic carbocycles. The maximum atomic E-state index is 16.2. The molecule has 0 spiro atoms. The van der Waals surface area contributed by atoms with Crippen LogP contribution < -0.4 is 19.7 Å². The first-order chi connectivity index (χ1) is 35.1. The zero-order chi connectivity index (χ0) is 54.8. The molecule has 1 aliphatic heterocycles. The van der Waals surface area contributed by atoms with Gasteiger partial charge in [-0.2, -0.15) is 17.5 Å². The average Bonchev–Trinajstić information content (AvgIpc) is 3.81. The van der Waals surface area contributed by atoms with Crippen molar-refractivity contribution in [2.45, 2.75) is 120 Å². The molecule has 1 fully saturated rings. The molecule has 1 saturated heterocycles. The Labute approximate surface area is 443 Å². The van der Waals surface area contributed by atoms with Gasteiger partial charge in [-0.3, -0.25) is 4.18 Å². The molecule has 4 aromatic carbocycles. The summed E-state index contributed by atoms with van der Waals surface area (Å²) in [6.07, 6.45) is -0.0690. The fraction of sp³-hybridized carbons (Fsp3) is 0.490. The molecule has 20 nitrogen and oxygen atoms in total. The lowest BCUT2D eigenvalue weighted by Crippen LogP contribution is -2.51. The van der Waals surface area contributed by atoms with Crippen LogP contribution in [0.25, 0.3) is 11.4 Å². The summed E-state index contributed by atoms with van der Waals surface area (Å²) in [6, 6.07) is 28.1. The standard InChI is InChI=1S/C51H72N8O12S3Si/c1-50(2,3)70-49(60)52-33-43(71-75(9,10)51(4,5)6)34-53-73(63,64)45-26-25-44(57-29-27-42(28-30-57)68-31-32-69-72(8,61)62)46(48-54-56-59(55-48)37-40-21-23-41(67-7)24-22-40)47(45)74(65,66)58(35-38-17-13-11-14-18-38)36-39-19-15-12-16-20-39/h11-26,42-43,53H,27-37H2,1-10H3,(H,52,60). The number of tetrazole rings is 1. The molecule has 1 unspecified atom stereocenters. The van der Waals surface area contributed by atoms with Crippen molar-refractivity contribution in [2.75, 3.05) is 57.7 Å². The van der Waals surface area contributed by atoms with Crippen molar-refractivity contribution in [3.63, 3.8) is 0 Å². The van der Waals surface area contributed by atoms with E-state index in [1.165, 1.54) is 15.2 Å². The summed E-state index contributed by atoms with van der Waals surface area (Å²) in [6.45, 7) is 15.2. The smallest absolute Gasteiger partial charge is 0.407 e. The fourth-order valence-electron chi connectivity index (χ4n) is 7.94. The molecular formula is C51H72N8O12S3Si. The summed E-state index contributed by atoms with van der Waals surface area (Å²) in [5, 5.41) is 16.0. The Morgan fingerprint density at radius 2 is 1.40 bits per heavy atom. The number of piperidine rings is 1. The molecule has 2 N–H and O–H groups in total. The van der Waals surface area contributed by atoms with E-state index in [0.29, 0.717) is 48.5 Å². The number of methoxy groups -OCH3 is 1. The predicted octanol–water partition coefficient (Wildman–Crippen LogP) is 6.94. The molecule has 1 aliphatic rings. The van der Waals surface area contributed by atoms with Gasteiger partial charge in [-0.25, -0.2) is 26.4 Å². The van der Waals surface area contributed by atoms with Crippen LogP contribution in [-0.2, 0) is 67.9 Å². The summed E-state index contributed by atoms with van der Waals surface area (Å²) in [4.78, 5) is 15.0. The highest BCUT2D eigenvalue weighted by atomic mass is 32.2. The number of rotatable bonds is 24. The minimum absolute atomic E-state index is 0.0314. The predicted molar refractivity (Wildman–Crippen MR) is 288 cm³/mol. The van der Waals surface area contributed by atoms with E-state index in [4.69, 9.17) is 27.9 Å². The molecule has 0 saturated carbocycles. The van der Waals surface area contributed by atoms with E-state index in [1.54, 1.807) is 94.6 Å². The van der Waals surface area contributed by atoms with Gasteiger partial charge >= 0.3 is 6.09 Å². The van der Waals surface area contributed by atoms with Crippen molar-refractivity contribution in [3.8, 4) is 17.1 Å². The third-order valence-corrected chi connectivity index (χ3v) is 21.3. The van der Waals surface area contributed by atoms with Crippen molar-refractivity contribution >= 4 is 50.3 Å². The van der Waals surface area contributed by atoms with Crippen molar-refractivity contribution in [2.24, 2.45) is 0 Å². The number of ether oxygens (including phenoxy) is 3. The molecule has 5 aromatic rings. The molecule has 75 heavy (non-hydrogen) atoms. The minimum atomic E-state index is -4.90. The van der Waals surface area contributed by atoms with E-state index in [0.717, 1.165) is 11.8 Å². The summed E-state index contributed by atoms with van der Waals surface area (Å²) >= 11 is 0. The Balaban J connectivity index is 1.52. The second-order valence-corrected chi connectivity index (χ2v) is 30.9. The number of hydrogen-bond donors (Lipinski definition) is 2. The molecule has 6 rings (SSSR count). The van der Waals surface area contributed by atoms with Crippen molar-refractivity contribution in [1.29, 1.82) is 0 Å². The van der Waals surface area contributed by atoms with Gasteiger partial charge in [-0.15, -0.1) is 10.2 Å². The molecule has 1 amide bonds. The van der Waals surface area contributed by atoms with Gasteiger partial charge < -0.3 is 28.9 Å². The first kappa shape index (κ1) is 58.9. The molecule has 1 atom stereocenters. The number of aromatic nitrogens is 4. The topological polar surface area (TPSA) is 240 Å². The van der Waals surface area contributed by atoms with Gasteiger partial charge in [0, 0.05) is 45.0 Å². The zero-order valence-corrected chi connectivity index (χ0v) is 47.9. The monoisotopic (exact) mass is 1110 g/mol. The van der Waals surface area contributed by atoms with Crippen LogP contribution in [0.15, 0.2) is 107 Å². The van der Waals surface area contributed by atoms with Crippen LogP contribution >= 0.6 is 0 Å². The van der Waals surface area contributed by atoms with Gasteiger partial charge in [-0.1, -0.05) is 93.6 Å². The van der Waals surface area contributed by atoms with E-state index < -0.39 is 66.1 Å². The Morgan fingerprint density at radius 1 is 0.800 bits per heavy atom. The Kier molecular flexibility index (Phi) is 19.5. The van der Waals surface area contributed by atoms with Gasteiger partial charge in [0.15, 0.2) is 8.32 Å². The number of nitrogens with one attached hydrogen (secondary N) is 2. The number of carbonyl (C=O) groups is 1. The van der Waals surface area contributed by atoms with Gasteiger partial charge in [0.05, 0.1) is 50.9 Å². The second-order valence-electron chi connectivity index (χ2n) is 20.8. The fourth-order valence-corrected chi connectivity index (χ4v) is 13.1. The summed E-state index contributed by atoms with van der Waals surface area (Å²) in [5.74, 6) is 0.492. The summed E-state index contributed by atoms with van der Waals surface area (Å²) in [7, 11) is -14.5. The van der Waals surface area contributed by atoms with E-state index >= 15 is 16.8 Å². The summed E-state index contributed by atoms with van der Waals surface area (Å²) < 4.78 is 118. The van der Waals surface area contributed by atoms with Crippen LogP contribution in [0, 0.1) is 0 Å². The number of amides is 1. The number of nitrogens with zero attached hydrogens (tertiary/aromatic N) is 6. The minimum Gasteiger partial charge on any atom is -0.497 e. The highest BCUT2D eigenvalue weighted by molar-refractivity contribution is 7.92. The molecule has 1 aromatic heterocycles. The lowest BCUT2D eigenvalue weighted by atomic mass is 10.0. The van der Waals surface area contributed by atoms with E-state index in [1.807, 2.05) is 63.0 Å². The number of alkyl carbamates (subject to hydrolysis) is 1. The van der Waals surface area contributed by atoms with Crippen LogP contribution in [0.3, 0.4) is 0 Å². The Morgan fingerprint density at radius 3 is 1.95 bits per heavy atom. The van der Waals surface area contributed by atoms with Crippen LogP contribution in [0.4, 0.5) is 10.5 Å². The molecule has 0 bridgehead atoms.